The number of hydrogen-bond donors (Lipinski definition) is 1. The normalized spacial score (nSPS) is 11.9. The molecule has 0 aliphatic heterocycles. The molecule has 88 valence electrons. The summed E-state index contributed by atoms with van der Waals surface area (Å²) >= 11 is 0. The van der Waals surface area contributed by atoms with Crippen molar-refractivity contribution in [1.82, 2.24) is 4.90 Å². The lowest BCUT2D eigenvalue weighted by molar-refractivity contribution is 0.103. The zero-order valence-corrected chi connectivity index (χ0v) is 9.72. The Kier molecular flexibility index (Phi) is 4.79. The molecule has 0 fully saturated rings. The first-order valence-corrected chi connectivity index (χ1v) is 5.27. The number of carbonyl (C=O) groups excluding carboxylic acids is 1. The van der Waals surface area contributed by atoms with Crippen LogP contribution in [0.5, 0.6) is 0 Å². The molecule has 1 amide bonds. The molecule has 1 atom stereocenters. The monoisotopic (exact) mass is 222 g/mol. The first-order chi connectivity index (χ1) is 7.59. The van der Waals surface area contributed by atoms with E-state index in [2.05, 4.69) is 0 Å². The first-order valence-electron chi connectivity index (χ1n) is 5.27. The van der Waals surface area contributed by atoms with Crippen molar-refractivity contribution in [1.29, 1.82) is 0 Å². The van der Waals surface area contributed by atoms with Crippen LogP contribution in [0.2, 0.25) is 0 Å². The van der Waals surface area contributed by atoms with Gasteiger partial charge < -0.3 is 15.4 Å². The van der Waals surface area contributed by atoms with E-state index in [0.29, 0.717) is 13.2 Å². The van der Waals surface area contributed by atoms with Crippen molar-refractivity contribution in [3.63, 3.8) is 0 Å². The van der Waals surface area contributed by atoms with Gasteiger partial charge in [-0.3, -0.25) is 0 Å². The molecule has 1 aromatic rings. The van der Waals surface area contributed by atoms with Crippen molar-refractivity contribution >= 4 is 6.09 Å². The van der Waals surface area contributed by atoms with Crippen molar-refractivity contribution in [2.45, 2.75) is 19.6 Å². The summed E-state index contributed by atoms with van der Waals surface area (Å²) in [5, 5.41) is 0. The molecule has 0 heterocycles. The predicted molar refractivity (Wildman–Crippen MR) is 62.9 cm³/mol. The lowest BCUT2D eigenvalue weighted by Crippen LogP contribution is -2.37. The van der Waals surface area contributed by atoms with Gasteiger partial charge in [-0.25, -0.2) is 4.79 Å². The summed E-state index contributed by atoms with van der Waals surface area (Å²) in [4.78, 5) is 13.0. The topological polar surface area (TPSA) is 55.6 Å². The first kappa shape index (κ1) is 12.5. The summed E-state index contributed by atoms with van der Waals surface area (Å²) in [7, 11) is 1.68. The van der Waals surface area contributed by atoms with Crippen LogP contribution in [0.25, 0.3) is 0 Å². The van der Waals surface area contributed by atoms with Crippen molar-refractivity contribution in [3.05, 3.63) is 35.9 Å². The van der Waals surface area contributed by atoms with Crippen LogP contribution in [0.3, 0.4) is 0 Å². The van der Waals surface area contributed by atoms with Crippen LogP contribution in [0.15, 0.2) is 30.3 Å². The van der Waals surface area contributed by atoms with Crippen LogP contribution in [0.1, 0.15) is 12.5 Å². The minimum atomic E-state index is -0.346. The average molecular weight is 222 g/mol. The van der Waals surface area contributed by atoms with Crippen LogP contribution in [-0.2, 0) is 11.3 Å². The lowest BCUT2D eigenvalue weighted by atomic mass is 10.2. The van der Waals surface area contributed by atoms with Gasteiger partial charge in [-0.15, -0.1) is 0 Å². The molecular formula is C12H18N2O2. The number of amides is 1. The SMILES string of the molecule is CC(N)CN(C)C(=O)OCc1ccccc1. The fraction of sp³-hybridized carbons (Fsp3) is 0.417. The Morgan fingerprint density at radius 1 is 1.44 bits per heavy atom. The second kappa shape index (κ2) is 6.12. The van der Waals surface area contributed by atoms with Crippen molar-refractivity contribution in [3.8, 4) is 0 Å². The average Bonchev–Trinajstić information content (AvgIpc) is 2.26. The molecule has 0 aromatic heterocycles. The molecule has 0 saturated carbocycles. The van der Waals surface area contributed by atoms with E-state index in [1.165, 1.54) is 4.90 Å². The quantitative estimate of drug-likeness (QED) is 0.842. The van der Waals surface area contributed by atoms with E-state index >= 15 is 0 Å². The minimum absolute atomic E-state index is 0.0470. The minimum Gasteiger partial charge on any atom is -0.445 e. The maximum absolute atomic E-state index is 11.5. The molecule has 1 unspecified atom stereocenters. The van der Waals surface area contributed by atoms with Gasteiger partial charge in [0.25, 0.3) is 0 Å². The Morgan fingerprint density at radius 2 is 2.06 bits per heavy atom. The van der Waals surface area contributed by atoms with E-state index in [1.54, 1.807) is 7.05 Å². The fourth-order valence-electron chi connectivity index (χ4n) is 1.34. The summed E-state index contributed by atoms with van der Waals surface area (Å²) in [6.45, 7) is 2.64. The molecule has 2 N–H and O–H groups in total. The van der Waals surface area contributed by atoms with E-state index in [1.807, 2.05) is 37.3 Å². The van der Waals surface area contributed by atoms with E-state index in [0.717, 1.165) is 5.56 Å². The molecule has 0 aliphatic carbocycles. The van der Waals surface area contributed by atoms with E-state index in [4.69, 9.17) is 10.5 Å². The van der Waals surface area contributed by atoms with Crippen LogP contribution in [0, 0.1) is 0 Å². The van der Waals surface area contributed by atoms with Gasteiger partial charge in [0.2, 0.25) is 0 Å². The highest BCUT2D eigenvalue weighted by molar-refractivity contribution is 5.67. The van der Waals surface area contributed by atoms with Gasteiger partial charge in [-0.1, -0.05) is 30.3 Å². The maximum atomic E-state index is 11.5. The Hall–Kier alpha value is -1.55. The van der Waals surface area contributed by atoms with Crippen molar-refractivity contribution in [2.24, 2.45) is 5.73 Å². The maximum Gasteiger partial charge on any atom is 0.409 e. The second-order valence-corrected chi connectivity index (χ2v) is 3.90. The van der Waals surface area contributed by atoms with Gasteiger partial charge in [0.1, 0.15) is 6.61 Å². The van der Waals surface area contributed by atoms with Gasteiger partial charge in [-0.05, 0) is 12.5 Å². The van der Waals surface area contributed by atoms with Crippen molar-refractivity contribution in [2.75, 3.05) is 13.6 Å². The summed E-state index contributed by atoms with van der Waals surface area (Å²) in [5.41, 5.74) is 6.57. The molecule has 0 aliphatic rings. The molecular weight excluding hydrogens is 204 g/mol. The van der Waals surface area contributed by atoms with E-state index < -0.39 is 0 Å². The molecule has 0 radical (unpaired) electrons. The van der Waals surface area contributed by atoms with Crippen LogP contribution < -0.4 is 5.73 Å². The second-order valence-electron chi connectivity index (χ2n) is 3.90. The number of nitrogens with zero attached hydrogens (tertiary/aromatic N) is 1. The Labute approximate surface area is 96.0 Å². The smallest absolute Gasteiger partial charge is 0.409 e. The zero-order valence-electron chi connectivity index (χ0n) is 9.72. The summed E-state index contributed by atoms with van der Waals surface area (Å²) in [6.07, 6.45) is -0.346. The van der Waals surface area contributed by atoms with Crippen LogP contribution in [0.4, 0.5) is 4.79 Å². The molecule has 4 heteroatoms. The van der Waals surface area contributed by atoms with Gasteiger partial charge >= 0.3 is 6.09 Å². The highest BCUT2D eigenvalue weighted by Gasteiger charge is 2.11. The number of likely N-dealkylation sites (N-methyl/N-ethyl adjacent to an activating group) is 1. The number of hydrogen-bond acceptors (Lipinski definition) is 3. The Bertz CT molecular complexity index is 325. The lowest BCUT2D eigenvalue weighted by Gasteiger charge is -2.18. The van der Waals surface area contributed by atoms with Crippen LogP contribution >= 0.6 is 0 Å². The molecule has 0 saturated heterocycles. The third kappa shape index (κ3) is 4.31. The third-order valence-corrected chi connectivity index (χ3v) is 2.08. The highest BCUT2D eigenvalue weighted by atomic mass is 16.6. The van der Waals surface area contributed by atoms with Gasteiger partial charge in [0.05, 0.1) is 0 Å². The summed E-state index contributed by atoms with van der Waals surface area (Å²) in [6, 6.07) is 9.53. The highest BCUT2D eigenvalue weighted by Crippen LogP contribution is 2.02. The predicted octanol–water partition coefficient (Wildman–Crippen LogP) is 1.60. The van der Waals surface area contributed by atoms with Gasteiger partial charge in [-0.2, -0.15) is 0 Å². The van der Waals surface area contributed by atoms with Gasteiger partial charge in [0.15, 0.2) is 0 Å². The number of ether oxygens (including phenoxy) is 1. The third-order valence-electron chi connectivity index (χ3n) is 2.08. The Balaban J connectivity index is 2.35. The standard InChI is InChI=1S/C12H18N2O2/c1-10(13)8-14(2)12(15)16-9-11-6-4-3-5-7-11/h3-7,10H,8-9,13H2,1-2H3. The molecule has 0 spiro atoms. The number of carbonyl (C=O) groups is 1. The van der Waals surface area contributed by atoms with Gasteiger partial charge in [0, 0.05) is 19.6 Å². The zero-order chi connectivity index (χ0) is 12.0. The molecule has 0 bridgehead atoms. The fourth-order valence-corrected chi connectivity index (χ4v) is 1.34. The molecule has 16 heavy (non-hydrogen) atoms. The molecule has 1 aromatic carbocycles. The van der Waals surface area contributed by atoms with Crippen LogP contribution in [-0.4, -0.2) is 30.6 Å². The largest absolute Gasteiger partial charge is 0.445 e. The molecule has 4 nitrogen and oxygen atoms in total. The Morgan fingerprint density at radius 3 is 2.62 bits per heavy atom. The molecule has 1 rings (SSSR count). The summed E-state index contributed by atoms with van der Waals surface area (Å²) < 4.78 is 5.12. The number of rotatable bonds is 4. The van der Waals surface area contributed by atoms with Crippen molar-refractivity contribution < 1.29 is 9.53 Å². The van der Waals surface area contributed by atoms with E-state index in [9.17, 15) is 4.79 Å². The number of benzene rings is 1. The summed E-state index contributed by atoms with van der Waals surface area (Å²) in [5.74, 6) is 0. The number of nitrogens with two attached hydrogens (primary N) is 1. The van der Waals surface area contributed by atoms with E-state index in [-0.39, 0.29) is 12.1 Å².